The number of halogens is 1. The normalized spacial score (nSPS) is 27.9. The third-order valence-electron chi connectivity index (χ3n) is 9.02. The lowest BCUT2D eigenvalue weighted by Gasteiger charge is -2.46. The van der Waals surface area contributed by atoms with Crippen LogP contribution in [0.25, 0.3) is 5.57 Å². The molecule has 184 valence electrons. The van der Waals surface area contributed by atoms with E-state index in [0.29, 0.717) is 18.6 Å². The quantitative estimate of drug-likeness (QED) is 0.219. The van der Waals surface area contributed by atoms with Crippen LogP contribution in [0.4, 0.5) is 4.79 Å². The van der Waals surface area contributed by atoms with Crippen molar-refractivity contribution < 1.29 is 47.5 Å². The number of ether oxygens (including phenoxy) is 3. The molecule has 0 spiro atoms. The van der Waals surface area contributed by atoms with Gasteiger partial charge in [-0.15, -0.1) is 0 Å². The number of carbonyl (C=O) groups is 1. The van der Waals surface area contributed by atoms with Gasteiger partial charge >= 0.3 is 6.16 Å². The van der Waals surface area contributed by atoms with Crippen molar-refractivity contribution >= 4 is 11.7 Å². The summed E-state index contributed by atoms with van der Waals surface area (Å²) in [6.07, 6.45) is 7.09. The topological polar surface area (TPSA) is 44.8 Å². The molecule has 0 N–H and O–H groups in total. The Balaban J connectivity index is 0.00000306. The van der Waals surface area contributed by atoms with E-state index in [1.165, 1.54) is 16.7 Å². The van der Waals surface area contributed by atoms with Crippen molar-refractivity contribution in [1.82, 2.24) is 0 Å². The molecule has 0 unspecified atom stereocenters. The van der Waals surface area contributed by atoms with Gasteiger partial charge in [-0.25, -0.2) is 4.79 Å². The Labute approximate surface area is 216 Å². The van der Waals surface area contributed by atoms with Crippen molar-refractivity contribution in [3.8, 4) is 5.75 Å². The SMILES string of the molecule is CC[N+](CC)(CC)COC(=O)O[C@H]1CC[C@H]2[C@@H]3CCc4cc(OC)ccc4C3=CC[C@]12C.[I-]. The van der Waals surface area contributed by atoms with Crippen LogP contribution in [0, 0.1) is 17.3 Å². The van der Waals surface area contributed by atoms with Crippen LogP contribution in [0.3, 0.4) is 0 Å². The molecule has 0 radical (unpaired) electrons. The fraction of sp³-hybridized carbons (Fsp3) is 0.667. The minimum Gasteiger partial charge on any atom is -1.00 e. The van der Waals surface area contributed by atoms with Crippen LogP contribution in [-0.4, -0.2) is 50.2 Å². The number of hydrogen-bond acceptors (Lipinski definition) is 4. The number of rotatable bonds is 7. The summed E-state index contributed by atoms with van der Waals surface area (Å²) < 4.78 is 17.8. The Morgan fingerprint density at radius 3 is 2.52 bits per heavy atom. The molecule has 1 aromatic carbocycles. The van der Waals surface area contributed by atoms with E-state index in [0.717, 1.165) is 62.0 Å². The largest absolute Gasteiger partial charge is 1.00 e. The molecule has 3 aliphatic carbocycles. The van der Waals surface area contributed by atoms with Gasteiger partial charge in [-0.1, -0.05) is 19.1 Å². The number of allylic oxidation sites excluding steroid dienone is 2. The highest BCUT2D eigenvalue weighted by Crippen LogP contribution is 2.59. The van der Waals surface area contributed by atoms with E-state index in [1.807, 2.05) is 0 Å². The Morgan fingerprint density at radius 1 is 1.12 bits per heavy atom. The Kier molecular flexibility index (Phi) is 8.41. The molecule has 0 saturated heterocycles. The number of methoxy groups -OCH3 is 1. The van der Waals surface area contributed by atoms with E-state index in [2.05, 4.69) is 52.0 Å². The van der Waals surface area contributed by atoms with Crippen molar-refractivity contribution in [2.24, 2.45) is 17.3 Å². The van der Waals surface area contributed by atoms with Gasteiger partial charge in [-0.05, 0) is 93.5 Å². The highest BCUT2D eigenvalue weighted by Gasteiger charge is 2.54. The second-order valence-corrected chi connectivity index (χ2v) is 10.1. The van der Waals surface area contributed by atoms with Gasteiger partial charge in [0.2, 0.25) is 6.73 Å². The van der Waals surface area contributed by atoms with Gasteiger partial charge in [0.15, 0.2) is 0 Å². The first kappa shape index (κ1) is 26.3. The zero-order chi connectivity index (χ0) is 22.9. The number of quaternary nitrogens is 1. The van der Waals surface area contributed by atoms with E-state index < -0.39 is 6.16 Å². The molecule has 4 atom stereocenters. The lowest BCUT2D eigenvalue weighted by atomic mass is 9.60. The summed E-state index contributed by atoms with van der Waals surface area (Å²) in [6, 6.07) is 6.50. The third kappa shape index (κ3) is 4.79. The number of hydrogen-bond donors (Lipinski definition) is 0. The summed E-state index contributed by atoms with van der Waals surface area (Å²) in [7, 11) is 1.73. The van der Waals surface area contributed by atoms with E-state index in [9.17, 15) is 4.79 Å². The fourth-order valence-electron chi connectivity index (χ4n) is 6.51. The van der Waals surface area contributed by atoms with Gasteiger partial charge in [-0.3, -0.25) is 4.48 Å². The van der Waals surface area contributed by atoms with Gasteiger partial charge in [0.1, 0.15) is 11.9 Å². The number of aryl methyl sites for hydroxylation is 1. The Morgan fingerprint density at radius 2 is 1.85 bits per heavy atom. The van der Waals surface area contributed by atoms with E-state index in [1.54, 1.807) is 7.11 Å². The van der Waals surface area contributed by atoms with Gasteiger partial charge < -0.3 is 38.2 Å². The second-order valence-electron chi connectivity index (χ2n) is 10.1. The summed E-state index contributed by atoms with van der Waals surface area (Å²) >= 11 is 0. The van der Waals surface area contributed by atoms with Crippen LogP contribution in [0.5, 0.6) is 5.75 Å². The molecule has 0 amide bonds. The minimum absolute atomic E-state index is 0. The number of nitrogens with zero attached hydrogens (tertiary/aromatic N) is 1. The van der Waals surface area contributed by atoms with E-state index in [4.69, 9.17) is 14.2 Å². The van der Waals surface area contributed by atoms with E-state index >= 15 is 0 Å². The summed E-state index contributed by atoms with van der Waals surface area (Å²) in [6.45, 7) is 12.0. The summed E-state index contributed by atoms with van der Waals surface area (Å²) in [4.78, 5) is 12.6. The molecule has 0 heterocycles. The smallest absolute Gasteiger partial charge is 0.512 e. The molecule has 0 bridgehead atoms. The average molecular weight is 570 g/mol. The zero-order valence-corrected chi connectivity index (χ0v) is 23.0. The first-order chi connectivity index (χ1) is 15.4. The zero-order valence-electron chi connectivity index (χ0n) is 20.9. The minimum atomic E-state index is -0.495. The van der Waals surface area contributed by atoms with Crippen molar-refractivity contribution in [3.63, 3.8) is 0 Å². The molecule has 5 nitrogen and oxygen atoms in total. The van der Waals surface area contributed by atoms with Crippen molar-refractivity contribution in [2.45, 2.75) is 65.9 Å². The fourth-order valence-corrected chi connectivity index (χ4v) is 6.51. The van der Waals surface area contributed by atoms with E-state index in [-0.39, 0.29) is 35.5 Å². The molecule has 6 heteroatoms. The van der Waals surface area contributed by atoms with Crippen LogP contribution >= 0.6 is 0 Å². The molecule has 1 fully saturated rings. The summed E-state index contributed by atoms with van der Waals surface area (Å²) in [5, 5.41) is 0. The van der Waals surface area contributed by atoms with Crippen LogP contribution in [-0.2, 0) is 15.9 Å². The third-order valence-corrected chi connectivity index (χ3v) is 9.02. The maximum atomic E-state index is 12.6. The summed E-state index contributed by atoms with van der Waals surface area (Å²) in [5.74, 6) is 2.03. The van der Waals surface area contributed by atoms with Crippen LogP contribution in [0.15, 0.2) is 24.3 Å². The van der Waals surface area contributed by atoms with Crippen LogP contribution in [0.1, 0.15) is 64.5 Å². The predicted molar refractivity (Wildman–Crippen MR) is 126 cm³/mol. The van der Waals surface area contributed by atoms with Crippen molar-refractivity contribution in [2.75, 3.05) is 33.5 Å². The first-order valence-corrected chi connectivity index (χ1v) is 12.5. The molecule has 1 saturated carbocycles. The van der Waals surface area contributed by atoms with Gasteiger partial charge in [0.25, 0.3) is 0 Å². The standard InChI is InChI=1S/C27H40NO4.HI/c1-6-28(7-2,8-3)18-31-26(29)32-25-14-13-24-23-11-9-19-17-20(30-5)10-12-21(19)22(23)15-16-27(24,25)4;/h10,12,15,17,23-25H,6-9,11,13-14,16,18H2,1-5H3;1H/q+1;/p-1/t23-,24+,25+,27+;/m1./s1. The van der Waals surface area contributed by atoms with Gasteiger partial charge in [0.05, 0.1) is 26.7 Å². The van der Waals surface area contributed by atoms with Crippen LogP contribution < -0.4 is 28.7 Å². The molecular formula is C27H40INO4. The maximum Gasteiger partial charge on any atom is 0.512 e. The maximum absolute atomic E-state index is 12.6. The first-order valence-electron chi connectivity index (χ1n) is 12.5. The highest BCUT2D eigenvalue weighted by molar-refractivity contribution is 5.74. The second kappa shape index (κ2) is 10.5. The average Bonchev–Trinajstić information content (AvgIpc) is 3.15. The molecule has 0 aromatic heterocycles. The predicted octanol–water partition coefficient (Wildman–Crippen LogP) is 2.82. The Hall–Kier alpha value is -1.28. The molecule has 33 heavy (non-hydrogen) atoms. The lowest BCUT2D eigenvalue weighted by molar-refractivity contribution is -0.939. The molecule has 1 aromatic rings. The molecule has 3 aliphatic rings. The number of fused-ring (bicyclic) bond motifs is 5. The molecule has 4 rings (SSSR count). The van der Waals surface area contributed by atoms with Crippen LogP contribution in [0.2, 0.25) is 0 Å². The lowest BCUT2D eigenvalue weighted by Crippen LogP contribution is -3.00. The van der Waals surface area contributed by atoms with Crippen molar-refractivity contribution in [3.05, 3.63) is 35.4 Å². The van der Waals surface area contributed by atoms with Gasteiger partial charge in [-0.2, -0.15) is 0 Å². The molecular weight excluding hydrogens is 529 g/mol. The number of benzene rings is 1. The van der Waals surface area contributed by atoms with Crippen molar-refractivity contribution in [1.29, 1.82) is 0 Å². The summed E-state index contributed by atoms with van der Waals surface area (Å²) in [5.41, 5.74) is 4.27. The van der Waals surface area contributed by atoms with Gasteiger partial charge in [0, 0.05) is 5.41 Å². The Bertz CT molecular complexity index is 873. The number of carbonyl (C=O) groups excluding carboxylic acids is 1. The molecule has 0 aliphatic heterocycles. The highest BCUT2D eigenvalue weighted by atomic mass is 127. The monoisotopic (exact) mass is 569 g/mol.